The van der Waals surface area contributed by atoms with Crippen LogP contribution in [0.25, 0.3) is 11.0 Å². The lowest BCUT2D eigenvalue weighted by atomic mass is 10.2. The van der Waals surface area contributed by atoms with Crippen LogP contribution in [0.2, 0.25) is 5.02 Å². The van der Waals surface area contributed by atoms with Gasteiger partial charge < -0.3 is 10.4 Å². The highest BCUT2D eigenvalue weighted by Crippen LogP contribution is 2.23. The molecule has 6 nitrogen and oxygen atoms in total. The third kappa shape index (κ3) is 2.66. The van der Waals surface area contributed by atoms with E-state index in [4.69, 9.17) is 16.7 Å². The Labute approximate surface area is 125 Å². The van der Waals surface area contributed by atoms with Crippen molar-refractivity contribution in [1.82, 2.24) is 15.0 Å². The van der Waals surface area contributed by atoms with Gasteiger partial charge in [-0.05, 0) is 30.3 Å². The summed E-state index contributed by atoms with van der Waals surface area (Å²) in [6, 6.07) is 12.1. The molecule has 0 fully saturated rings. The van der Waals surface area contributed by atoms with Crippen molar-refractivity contribution in [2.24, 2.45) is 0 Å². The SMILES string of the molecule is O=C(O)c1ccc(Cl)c(NCn2nnc3ccccc32)c1. The zero-order valence-electron chi connectivity index (χ0n) is 10.8. The molecule has 106 valence electrons. The summed E-state index contributed by atoms with van der Waals surface area (Å²) < 4.78 is 1.68. The molecule has 0 amide bonds. The molecule has 0 radical (unpaired) electrons. The van der Waals surface area contributed by atoms with E-state index in [1.807, 2.05) is 24.3 Å². The second-order valence-electron chi connectivity index (χ2n) is 4.41. The number of carboxylic acids is 1. The Morgan fingerprint density at radius 2 is 2.10 bits per heavy atom. The third-order valence-electron chi connectivity index (χ3n) is 3.05. The van der Waals surface area contributed by atoms with Gasteiger partial charge in [-0.15, -0.1) is 5.10 Å². The molecule has 0 saturated carbocycles. The summed E-state index contributed by atoms with van der Waals surface area (Å²) in [6.45, 7) is 0.337. The van der Waals surface area contributed by atoms with E-state index in [2.05, 4.69) is 15.6 Å². The minimum absolute atomic E-state index is 0.172. The van der Waals surface area contributed by atoms with Gasteiger partial charge in [0.05, 0.1) is 21.8 Å². The van der Waals surface area contributed by atoms with Gasteiger partial charge in [0, 0.05) is 0 Å². The van der Waals surface area contributed by atoms with Gasteiger partial charge in [0.15, 0.2) is 0 Å². The maximum atomic E-state index is 11.0. The summed E-state index contributed by atoms with van der Waals surface area (Å²) >= 11 is 6.06. The van der Waals surface area contributed by atoms with Crippen molar-refractivity contribution in [3.63, 3.8) is 0 Å². The molecule has 1 heterocycles. The summed E-state index contributed by atoms with van der Waals surface area (Å²) in [5, 5.41) is 20.6. The van der Waals surface area contributed by atoms with E-state index < -0.39 is 5.97 Å². The molecule has 0 spiro atoms. The minimum Gasteiger partial charge on any atom is -0.478 e. The normalized spacial score (nSPS) is 10.7. The van der Waals surface area contributed by atoms with Crippen LogP contribution in [0, 0.1) is 0 Å². The van der Waals surface area contributed by atoms with Crippen LogP contribution in [0.5, 0.6) is 0 Å². The van der Waals surface area contributed by atoms with Gasteiger partial charge in [-0.3, -0.25) is 0 Å². The molecule has 2 aromatic carbocycles. The average Bonchev–Trinajstić information content (AvgIpc) is 2.89. The Kier molecular flexibility index (Phi) is 3.45. The fraction of sp³-hybridized carbons (Fsp3) is 0.0714. The van der Waals surface area contributed by atoms with Crippen LogP contribution in [0.3, 0.4) is 0 Å². The molecular formula is C14H11ClN4O2. The van der Waals surface area contributed by atoms with Gasteiger partial charge in [0.2, 0.25) is 0 Å². The van der Waals surface area contributed by atoms with Crippen LogP contribution in [0.15, 0.2) is 42.5 Å². The smallest absolute Gasteiger partial charge is 0.335 e. The molecule has 0 aliphatic carbocycles. The number of para-hydroxylation sites is 1. The molecule has 0 atom stereocenters. The monoisotopic (exact) mass is 302 g/mol. The summed E-state index contributed by atoms with van der Waals surface area (Å²) in [4.78, 5) is 11.0. The van der Waals surface area contributed by atoms with Crippen molar-refractivity contribution in [1.29, 1.82) is 0 Å². The maximum Gasteiger partial charge on any atom is 0.335 e. The first-order valence-corrected chi connectivity index (χ1v) is 6.58. The van der Waals surface area contributed by atoms with Crippen LogP contribution in [-0.4, -0.2) is 26.1 Å². The Morgan fingerprint density at radius 1 is 1.29 bits per heavy atom. The van der Waals surface area contributed by atoms with Crippen LogP contribution in [-0.2, 0) is 6.67 Å². The summed E-state index contributed by atoms with van der Waals surface area (Å²) in [7, 11) is 0. The molecule has 0 saturated heterocycles. The topological polar surface area (TPSA) is 80.0 Å². The molecule has 0 unspecified atom stereocenters. The van der Waals surface area contributed by atoms with Crippen molar-refractivity contribution < 1.29 is 9.90 Å². The first kappa shape index (κ1) is 13.4. The number of anilines is 1. The summed E-state index contributed by atoms with van der Waals surface area (Å²) in [6.07, 6.45) is 0. The minimum atomic E-state index is -0.999. The molecule has 0 aliphatic heterocycles. The fourth-order valence-corrected chi connectivity index (χ4v) is 2.17. The number of benzene rings is 2. The molecule has 1 aromatic heterocycles. The number of rotatable bonds is 4. The summed E-state index contributed by atoms with van der Waals surface area (Å²) in [5.41, 5.74) is 2.39. The third-order valence-corrected chi connectivity index (χ3v) is 3.38. The number of carbonyl (C=O) groups is 1. The number of aromatic carboxylic acids is 1. The van der Waals surface area contributed by atoms with Crippen LogP contribution in [0.1, 0.15) is 10.4 Å². The molecule has 3 rings (SSSR count). The van der Waals surface area contributed by atoms with Gasteiger partial charge in [0.1, 0.15) is 12.2 Å². The van der Waals surface area contributed by atoms with E-state index in [0.29, 0.717) is 17.4 Å². The lowest BCUT2D eigenvalue weighted by Gasteiger charge is -2.09. The number of aromatic nitrogens is 3. The van der Waals surface area contributed by atoms with E-state index in [9.17, 15) is 4.79 Å². The number of fused-ring (bicyclic) bond motifs is 1. The first-order chi connectivity index (χ1) is 10.1. The molecule has 7 heteroatoms. The van der Waals surface area contributed by atoms with E-state index in [1.165, 1.54) is 12.1 Å². The Balaban J connectivity index is 1.84. The van der Waals surface area contributed by atoms with Gasteiger partial charge >= 0.3 is 5.97 Å². The standard InChI is InChI=1S/C14H11ClN4O2/c15-10-6-5-9(14(20)21)7-12(10)16-8-19-13-4-2-1-3-11(13)17-18-19/h1-7,16H,8H2,(H,20,21). The van der Waals surface area contributed by atoms with E-state index in [-0.39, 0.29) is 5.56 Å². The largest absolute Gasteiger partial charge is 0.478 e. The highest BCUT2D eigenvalue weighted by molar-refractivity contribution is 6.33. The van der Waals surface area contributed by atoms with Gasteiger partial charge in [-0.2, -0.15) is 0 Å². The highest BCUT2D eigenvalue weighted by atomic mass is 35.5. The number of nitrogens with one attached hydrogen (secondary N) is 1. The van der Waals surface area contributed by atoms with Crippen molar-refractivity contribution in [3.8, 4) is 0 Å². The number of nitrogens with zero attached hydrogens (tertiary/aromatic N) is 3. The number of carboxylic acid groups (broad SMARTS) is 1. The quantitative estimate of drug-likeness (QED) is 0.774. The molecular weight excluding hydrogens is 292 g/mol. The highest BCUT2D eigenvalue weighted by Gasteiger charge is 2.08. The Morgan fingerprint density at radius 3 is 2.90 bits per heavy atom. The van der Waals surface area contributed by atoms with Crippen molar-refractivity contribution in [3.05, 3.63) is 53.1 Å². The number of halogens is 1. The maximum absolute atomic E-state index is 11.0. The van der Waals surface area contributed by atoms with Crippen LogP contribution >= 0.6 is 11.6 Å². The van der Waals surface area contributed by atoms with Crippen LogP contribution in [0.4, 0.5) is 5.69 Å². The lowest BCUT2D eigenvalue weighted by Crippen LogP contribution is -2.10. The number of hydrogen-bond acceptors (Lipinski definition) is 4. The molecule has 2 N–H and O–H groups in total. The van der Waals surface area contributed by atoms with Gasteiger partial charge in [-0.25, -0.2) is 9.48 Å². The zero-order chi connectivity index (χ0) is 14.8. The average molecular weight is 303 g/mol. The molecule has 21 heavy (non-hydrogen) atoms. The molecule has 0 aliphatic rings. The molecule has 3 aromatic rings. The lowest BCUT2D eigenvalue weighted by molar-refractivity contribution is 0.0697. The van der Waals surface area contributed by atoms with E-state index in [0.717, 1.165) is 11.0 Å². The van der Waals surface area contributed by atoms with Gasteiger partial charge in [-0.1, -0.05) is 28.9 Å². The van der Waals surface area contributed by atoms with E-state index in [1.54, 1.807) is 10.7 Å². The Hall–Kier alpha value is -2.60. The fourth-order valence-electron chi connectivity index (χ4n) is 1.99. The van der Waals surface area contributed by atoms with Crippen molar-refractivity contribution >= 4 is 34.3 Å². The first-order valence-electron chi connectivity index (χ1n) is 6.20. The Bertz CT molecular complexity index is 816. The van der Waals surface area contributed by atoms with Crippen molar-refractivity contribution in [2.75, 3.05) is 5.32 Å². The summed E-state index contributed by atoms with van der Waals surface area (Å²) in [5.74, 6) is -0.999. The molecule has 0 bridgehead atoms. The van der Waals surface area contributed by atoms with Crippen molar-refractivity contribution in [2.45, 2.75) is 6.67 Å². The van der Waals surface area contributed by atoms with E-state index >= 15 is 0 Å². The predicted molar refractivity (Wildman–Crippen MR) is 79.6 cm³/mol. The number of hydrogen-bond donors (Lipinski definition) is 2. The van der Waals surface area contributed by atoms with Gasteiger partial charge in [0.25, 0.3) is 0 Å². The predicted octanol–water partition coefficient (Wildman–Crippen LogP) is 2.85. The second-order valence-corrected chi connectivity index (χ2v) is 4.82. The second kappa shape index (κ2) is 5.41. The zero-order valence-corrected chi connectivity index (χ0v) is 11.6. The van der Waals surface area contributed by atoms with Crippen LogP contribution < -0.4 is 5.32 Å².